The first-order valence-electron chi connectivity index (χ1n) is 7.62. The molecule has 0 spiro atoms. The Hall–Kier alpha value is -1.32. The fourth-order valence-electron chi connectivity index (χ4n) is 2.66. The quantitative estimate of drug-likeness (QED) is 0.860. The number of halogens is 1. The number of nitrogens with one attached hydrogen (secondary N) is 1. The van der Waals surface area contributed by atoms with Gasteiger partial charge < -0.3 is 5.32 Å². The second kappa shape index (κ2) is 7.10. The molecular weight excluding hydrogens is 282 g/mol. The van der Waals surface area contributed by atoms with Crippen LogP contribution < -0.4 is 5.32 Å². The lowest BCUT2D eigenvalue weighted by molar-refractivity contribution is 0.583. The SMILES string of the molecule is CCCn1nc(C)c(-c2ccc(CNCC)cc2Cl)c1C. The van der Waals surface area contributed by atoms with Crippen LogP contribution in [0.1, 0.15) is 37.2 Å². The summed E-state index contributed by atoms with van der Waals surface area (Å²) in [6.07, 6.45) is 1.08. The van der Waals surface area contributed by atoms with Crippen molar-refractivity contribution in [2.75, 3.05) is 6.54 Å². The highest BCUT2D eigenvalue weighted by Gasteiger charge is 2.15. The van der Waals surface area contributed by atoms with Gasteiger partial charge in [0.15, 0.2) is 0 Å². The van der Waals surface area contributed by atoms with Crippen molar-refractivity contribution in [3.63, 3.8) is 0 Å². The third-order valence-corrected chi connectivity index (χ3v) is 4.01. The van der Waals surface area contributed by atoms with Crippen LogP contribution >= 0.6 is 11.6 Å². The summed E-state index contributed by atoms with van der Waals surface area (Å²) in [5.41, 5.74) is 5.69. The highest BCUT2D eigenvalue weighted by atomic mass is 35.5. The van der Waals surface area contributed by atoms with Gasteiger partial charge in [-0.05, 0) is 38.4 Å². The molecular formula is C17H24ClN3. The molecule has 114 valence electrons. The summed E-state index contributed by atoms with van der Waals surface area (Å²) < 4.78 is 2.08. The fraction of sp³-hybridized carbons (Fsp3) is 0.471. The van der Waals surface area contributed by atoms with Crippen molar-refractivity contribution < 1.29 is 0 Å². The van der Waals surface area contributed by atoms with Gasteiger partial charge in [0, 0.05) is 34.9 Å². The molecule has 1 aromatic heterocycles. The number of rotatable bonds is 6. The van der Waals surface area contributed by atoms with Gasteiger partial charge in [0.1, 0.15) is 0 Å². The van der Waals surface area contributed by atoms with E-state index in [4.69, 9.17) is 11.6 Å². The Morgan fingerprint density at radius 3 is 2.62 bits per heavy atom. The second-order valence-electron chi connectivity index (χ2n) is 5.36. The number of benzene rings is 1. The van der Waals surface area contributed by atoms with Crippen LogP contribution in [0.5, 0.6) is 0 Å². The number of hydrogen-bond acceptors (Lipinski definition) is 2. The predicted molar refractivity (Wildman–Crippen MR) is 89.8 cm³/mol. The largest absolute Gasteiger partial charge is 0.313 e. The molecule has 3 nitrogen and oxygen atoms in total. The topological polar surface area (TPSA) is 29.9 Å². The molecule has 4 heteroatoms. The molecule has 0 atom stereocenters. The molecule has 0 aliphatic heterocycles. The van der Waals surface area contributed by atoms with E-state index in [1.807, 2.05) is 0 Å². The maximum atomic E-state index is 6.51. The summed E-state index contributed by atoms with van der Waals surface area (Å²) in [5.74, 6) is 0. The zero-order chi connectivity index (χ0) is 15.4. The predicted octanol–water partition coefficient (Wildman–Crippen LogP) is 4.34. The Balaban J connectivity index is 2.38. The van der Waals surface area contributed by atoms with Crippen molar-refractivity contribution in [2.45, 2.75) is 47.2 Å². The minimum Gasteiger partial charge on any atom is -0.313 e. The first-order valence-corrected chi connectivity index (χ1v) is 7.99. The van der Waals surface area contributed by atoms with Gasteiger partial charge >= 0.3 is 0 Å². The molecule has 0 aliphatic carbocycles. The lowest BCUT2D eigenvalue weighted by Crippen LogP contribution is -2.11. The van der Waals surface area contributed by atoms with Crippen LogP contribution in [0.25, 0.3) is 11.1 Å². The summed E-state index contributed by atoms with van der Waals surface area (Å²) in [6, 6.07) is 6.30. The summed E-state index contributed by atoms with van der Waals surface area (Å²) in [6.45, 7) is 11.2. The zero-order valence-corrected chi connectivity index (χ0v) is 14.1. The molecule has 1 aromatic carbocycles. The van der Waals surface area contributed by atoms with E-state index >= 15 is 0 Å². The first-order chi connectivity index (χ1) is 10.1. The number of hydrogen-bond donors (Lipinski definition) is 1. The third-order valence-electron chi connectivity index (χ3n) is 3.70. The van der Waals surface area contributed by atoms with Crippen LogP contribution in [0.2, 0.25) is 5.02 Å². The Morgan fingerprint density at radius 2 is 2.00 bits per heavy atom. The van der Waals surface area contributed by atoms with Crippen molar-refractivity contribution >= 4 is 11.6 Å². The Labute approximate surface area is 132 Å². The molecule has 1 N–H and O–H groups in total. The molecule has 2 rings (SSSR count). The minimum atomic E-state index is 0.799. The number of aryl methyl sites for hydroxylation is 2. The smallest absolute Gasteiger partial charge is 0.0675 e. The van der Waals surface area contributed by atoms with Gasteiger partial charge in [0.25, 0.3) is 0 Å². The van der Waals surface area contributed by atoms with E-state index < -0.39 is 0 Å². The number of nitrogens with zero attached hydrogens (tertiary/aromatic N) is 2. The monoisotopic (exact) mass is 305 g/mol. The molecule has 0 amide bonds. The molecule has 0 saturated carbocycles. The average molecular weight is 306 g/mol. The molecule has 21 heavy (non-hydrogen) atoms. The maximum Gasteiger partial charge on any atom is 0.0675 e. The van der Waals surface area contributed by atoms with Gasteiger partial charge in [-0.3, -0.25) is 4.68 Å². The molecule has 0 saturated heterocycles. The molecule has 0 aliphatic rings. The fourth-order valence-corrected chi connectivity index (χ4v) is 2.95. The van der Waals surface area contributed by atoms with Crippen molar-refractivity contribution in [1.29, 1.82) is 0 Å². The van der Waals surface area contributed by atoms with Crippen molar-refractivity contribution in [1.82, 2.24) is 15.1 Å². The molecule has 0 fully saturated rings. The molecule has 0 bridgehead atoms. The lowest BCUT2D eigenvalue weighted by Gasteiger charge is -2.09. The molecule has 0 radical (unpaired) electrons. The highest BCUT2D eigenvalue weighted by Crippen LogP contribution is 2.33. The molecule has 1 heterocycles. The Bertz CT molecular complexity index is 617. The molecule has 2 aromatic rings. The Morgan fingerprint density at radius 1 is 1.24 bits per heavy atom. The van der Waals surface area contributed by atoms with Crippen LogP contribution in [-0.4, -0.2) is 16.3 Å². The van der Waals surface area contributed by atoms with Gasteiger partial charge in [0.05, 0.1) is 5.69 Å². The Kier molecular flexibility index (Phi) is 5.43. The van der Waals surface area contributed by atoms with Gasteiger partial charge in [-0.15, -0.1) is 0 Å². The van der Waals surface area contributed by atoms with Gasteiger partial charge in [-0.2, -0.15) is 5.10 Å². The van der Waals surface area contributed by atoms with Crippen molar-refractivity contribution in [3.05, 3.63) is 40.2 Å². The highest BCUT2D eigenvalue weighted by molar-refractivity contribution is 6.33. The van der Waals surface area contributed by atoms with E-state index in [-0.39, 0.29) is 0 Å². The maximum absolute atomic E-state index is 6.51. The van der Waals surface area contributed by atoms with E-state index in [1.54, 1.807) is 0 Å². The van der Waals surface area contributed by atoms with Crippen LogP contribution in [-0.2, 0) is 13.1 Å². The normalized spacial score (nSPS) is 11.1. The van der Waals surface area contributed by atoms with Crippen LogP contribution in [0.15, 0.2) is 18.2 Å². The minimum absolute atomic E-state index is 0.799. The van der Waals surface area contributed by atoms with Crippen molar-refractivity contribution in [2.24, 2.45) is 0 Å². The number of aromatic nitrogens is 2. The van der Waals surface area contributed by atoms with E-state index in [1.165, 1.54) is 16.8 Å². The third kappa shape index (κ3) is 3.47. The lowest BCUT2D eigenvalue weighted by atomic mass is 10.0. The van der Waals surface area contributed by atoms with Crippen LogP contribution in [0, 0.1) is 13.8 Å². The van der Waals surface area contributed by atoms with Gasteiger partial charge in [0.2, 0.25) is 0 Å². The van der Waals surface area contributed by atoms with Gasteiger partial charge in [-0.1, -0.05) is 37.6 Å². The van der Waals surface area contributed by atoms with E-state index in [0.29, 0.717) is 0 Å². The van der Waals surface area contributed by atoms with Gasteiger partial charge in [-0.25, -0.2) is 0 Å². The summed E-state index contributed by atoms with van der Waals surface area (Å²) in [5, 5.41) is 8.75. The summed E-state index contributed by atoms with van der Waals surface area (Å²) in [4.78, 5) is 0. The summed E-state index contributed by atoms with van der Waals surface area (Å²) >= 11 is 6.51. The van der Waals surface area contributed by atoms with Crippen LogP contribution in [0.3, 0.4) is 0 Å². The first kappa shape index (κ1) is 16.1. The van der Waals surface area contributed by atoms with Crippen LogP contribution in [0.4, 0.5) is 0 Å². The van der Waals surface area contributed by atoms with E-state index in [2.05, 4.69) is 61.0 Å². The van der Waals surface area contributed by atoms with E-state index in [9.17, 15) is 0 Å². The summed E-state index contributed by atoms with van der Waals surface area (Å²) in [7, 11) is 0. The zero-order valence-electron chi connectivity index (χ0n) is 13.3. The standard InChI is InChI=1S/C17H24ClN3/c1-5-9-21-13(4)17(12(3)20-21)15-8-7-14(10-16(15)18)11-19-6-2/h7-8,10,19H,5-6,9,11H2,1-4H3. The second-order valence-corrected chi connectivity index (χ2v) is 5.77. The average Bonchev–Trinajstić information content (AvgIpc) is 2.72. The van der Waals surface area contributed by atoms with Crippen molar-refractivity contribution in [3.8, 4) is 11.1 Å². The van der Waals surface area contributed by atoms with E-state index in [0.717, 1.165) is 42.3 Å². The molecule has 0 unspecified atom stereocenters.